The molecule has 37 atom stereocenters. The summed E-state index contributed by atoms with van der Waals surface area (Å²) in [6.07, 6.45) is -37.4. The monoisotopic (exact) mass is 1210 g/mol. The van der Waals surface area contributed by atoms with Crippen molar-refractivity contribution in [3.8, 4) is 0 Å². The van der Waals surface area contributed by atoms with E-state index in [2.05, 4.69) is 26.5 Å². The van der Waals surface area contributed by atoms with Gasteiger partial charge < -0.3 is 139 Å². The van der Waals surface area contributed by atoms with E-state index >= 15 is 0 Å². The minimum Gasteiger partial charge on any atom is -0.396 e. The molecule has 0 unspecified atom stereocenters. The zero-order valence-corrected chi connectivity index (χ0v) is 47.5. The molecular formula is C56H88O28. The molecule has 3 saturated carbocycles. The van der Waals surface area contributed by atoms with Crippen molar-refractivity contribution in [1.29, 1.82) is 0 Å². The van der Waals surface area contributed by atoms with E-state index in [1.54, 1.807) is 0 Å². The van der Waals surface area contributed by atoms with Gasteiger partial charge in [-0.15, -0.1) is 0 Å². The van der Waals surface area contributed by atoms with Gasteiger partial charge in [0.25, 0.3) is 0 Å². The zero-order valence-electron chi connectivity index (χ0n) is 47.5. The molecule has 0 aromatic carbocycles. The first kappa shape index (κ1) is 63.9. The van der Waals surface area contributed by atoms with Crippen LogP contribution in [0.3, 0.4) is 0 Å². The third kappa shape index (κ3) is 10.4. The maximum Gasteiger partial charge on any atom is 0.203 e. The average Bonchev–Trinajstić information content (AvgIpc) is 3.59. The molecule has 10 fully saturated rings. The van der Waals surface area contributed by atoms with Gasteiger partial charge in [0.1, 0.15) is 110 Å². The highest BCUT2D eigenvalue weighted by molar-refractivity contribution is 5.29. The van der Waals surface area contributed by atoms with Crippen molar-refractivity contribution >= 4 is 0 Å². The van der Waals surface area contributed by atoms with Crippen LogP contribution >= 0.6 is 0 Å². The first-order chi connectivity index (χ1) is 39.7. The van der Waals surface area contributed by atoms with Gasteiger partial charge in [-0.25, -0.2) is 0 Å². The van der Waals surface area contributed by atoms with E-state index in [1.165, 1.54) is 20.8 Å². The maximum absolute atomic E-state index is 12.5. The Bertz CT molecular complexity index is 2340. The van der Waals surface area contributed by atoms with Gasteiger partial charge in [-0.05, 0) is 81.6 Å². The van der Waals surface area contributed by atoms with Gasteiger partial charge in [0.15, 0.2) is 31.5 Å². The molecule has 7 heterocycles. The van der Waals surface area contributed by atoms with Crippen molar-refractivity contribution in [2.45, 2.75) is 257 Å². The van der Waals surface area contributed by atoms with Crippen LogP contribution in [0.2, 0.25) is 0 Å². The second kappa shape index (κ2) is 24.2. The van der Waals surface area contributed by atoms with Gasteiger partial charge in [-0.2, -0.15) is 0 Å². The fourth-order valence-electron chi connectivity index (χ4n) is 16.7. The van der Waals surface area contributed by atoms with Gasteiger partial charge in [-0.3, -0.25) is 0 Å². The molecule has 1 spiro atoms. The van der Waals surface area contributed by atoms with Gasteiger partial charge >= 0.3 is 0 Å². The summed E-state index contributed by atoms with van der Waals surface area (Å²) in [6, 6.07) is 0. The minimum absolute atomic E-state index is 0.0370. The third-order valence-electron chi connectivity index (χ3n) is 21.4. The Kier molecular flexibility index (Phi) is 18.4. The number of aliphatic hydroxyl groups excluding tert-OH is 16. The van der Waals surface area contributed by atoms with Gasteiger partial charge in [0, 0.05) is 23.7 Å². The Morgan fingerprint density at radius 2 is 1.11 bits per heavy atom. The molecule has 480 valence electrons. The van der Waals surface area contributed by atoms with Crippen LogP contribution in [0.15, 0.2) is 23.8 Å². The second-order valence-electron chi connectivity index (χ2n) is 26.0. The molecule has 0 aromatic rings. The third-order valence-corrected chi connectivity index (χ3v) is 21.4. The molecule has 28 nitrogen and oxygen atoms in total. The SMILES string of the molecule is C=C1CO[C@@]2(O[C@H]3C[C@H]4[C@@H]5CC=C6C[C@@H](O)C[C@@H](O[C@@H]7O[C@H](CO)[C@@H](O)[C@H](O[C@@H]8O[C@H](CO)[C@H](O)[C@H]8O)[C@H]7O[C@@H]7O[C@@H](C)[C@H](O)[C@@H](O)[C@H]7O)[C@]6(C)[C@H]5CC[C@]4(C)[C@H]3[C@@H]2CO)[C@@H](O)[C@H]1O[C@@H]1O[C@H](C)[C@H](O[C@@H]2O[C@@H](C)[C@H](O)[C@@H](O)[C@H]2O)[C@@H](O)[C@H]1O. The van der Waals surface area contributed by atoms with Crippen molar-refractivity contribution in [3.63, 3.8) is 0 Å². The lowest BCUT2D eigenvalue weighted by molar-refractivity contribution is -0.387. The summed E-state index contributed by atoms with van der Waals surface area (Å²) in [5, 5.41) is 176. The molecular weight excluding hydrogens is 1120 g/mol. The largest absolute Gasteiger partial charge is 0.396 e. The van der Waals surface area contributed by atoms with E-state index in [9.17, 15) is 81.7 Å². The molecule has 7 saturated heterocycles. The van der Waals surface area contributed by atoms with Crippen molar-refractivity contribution < 1.29 is 139 Å². The van der Waals surface area contributed by atoms with Crippen LogP contribution in [0.25, 0.3) is 0 Å². The number of rotatable bonds is 13. The van der Waals surface area contributed by atoms with Crippen molar-refractivity contribution in [2.75, 3.05) is 26.4 Å². The van der Waals surface area contributed by atoms with Crippen LogP contribution in [0.5, 0.6) is 0 Å². The second-order valence-corrected chi connectivity index (χ2v) is 26.0. The van der Waals surface area contributed by atoms with Crippen molar-refractivity contribution in [1.82, 2.24) is 0 Å². The Balaban J connectivity index is 0.823. The van der Waals surface area contributed by atoms with E-state index in [-0.39, 0.29) is 42.3 Å². The van der Waals surface area contributed by atoms with Crippen LogP contribution < -0.4 is 0 Å². The molecule has 0 bridgehead atoms. The van der Waals surface area contributed by atoms with E-state index in [4.69, 9.17) is 56.8 Å². The molecule has 16 N–H and O–H groups in total. The summed E-state index contributed by atoms with van der Waals surface area (Å²) in [4.78, 5) is 0. The number of hydrogen-bond donors (Lipinski definition) is 16. The van der Waals surface area contributed by atoms with E-state index < -0.39 is 220 Å². The number of aliphatic hydroxyl groups is 16. The fraction of sp³-hybridized carbons (Fsp3) is 0.929. The predicted octanol–water partition coefficient (Wildman–Crippen LogP) is -5.64. The Morgan fingerprint density at radius 3 is 1.73 bits per heavy atom. The Hall–Kier alpha value is -1.64. The highest BCUT2D eigenvalue weighted by atomic mass is 16.8. The molecule has 7 aliphatic heterocycles. The lowest BCUT2D eigenvalue weighted by Gasteiger charge is -2.61. The van der Waals surface area contributed by atoms with E-state index in [1.807, 2.05) is 0 Å². The Morgan fingerprint density at radius 1 is 0.560 bits per heavy atom. The number of allylic oxidation sites excluding steroid dienone is 1. The molecule has 4 aliphatic carbocycles. The molecule has 0 aromatic heterocycles. The quantitative estimate of drug-likeness (QED) is 0.0765. The van der Waals surface area contributed by atoms with Gasteiger partial charge in [-0.1, -0.05) is 32.1 Å². The smallest absolute Gasteiger partial charge is 0.203 e. The normalized spacial score (nSPS) is 57.5. The van der Waals surface area contributed by atoms with Crippen LogP contribution in [0.1, 0.15) is 73.1 Å². The summed E-state index contributed by atoms with van der Waals surface area (Å²) in [6.45, 7) is 10.6. The molecule has 11 aliphatic rings. The first-order valence-electron chi connectivity index (χ1n) is 29.6. The molecule has 11 rings (SSSR count). The van der Waals surface area contributed by atoms with Crippen LogP contribution in [-0.4, -0.2) is 292 Å². The van der Waals surface area contributed by atoms with E-state index in [0.29, 0.717) is 32.1 Å². The summed E-state index contributed by atoms with van der Waals surface area (Å²) >= 11 is 0. The standard InChI is InChI=1S/C56H88O28/c1-18-17-73-56(48(72)44(18)80-51-43(71)39(67)45(21(4)76-51)81-49-41(69)37(65)33(61)19(2)74-49)27(14-57)32-28(84-56)13-26-24-8-7-22-11-23(60)12-31(55(22,6)25(24)9-10-54(26,32)5)79-53-47(83-50-42(70)38(66)34(62)20(3)75-50)46(36(64)30(16-59)78-53)82-52-40(68)35(63)29(15-58)77-52/h7,19-21,23-53,57-72H,1,8-17H2,2-6H3/t19-,20-,21+,23+,24+,25-,26-,27-,28-,29+,30+,31+,32-,33-,34-,35-,36+,37+,38+,39-,40+,41+,42+,43+,44-,45-,46-,47+,48-,49-,50-,51-,52-,53-,54-,55-,56-/m0/s1. The summed E-state index contributed by atoms with van der Waals surface area (Å²) in [7, 11) is 0. The van der Waals surface area contributed by atoms with Crippen molar-refractivity contribution in [3.05, 3.63) is 23.8 Å². The Labute approximate surface area is 484 Å². The maximum atomic E-state index is 12.5. The topological polar surface area (TPSA) is 434 Å². The zero-order chi connectivity index (χ0) is 60.5. The molecule has 28 heteroatoms. The highest BCUT2D eigenvalue weighted by Crippen LogP contribution is 2.71. The number of hydrogen-bond acceptors (Lipinski definition) is 28. The first-order valence-corrected chi connectivity index (χ1v) is 29.6. The van der Waals surface area contributed by atoms with Crippen LogP contribution in [-0.2, 0) is 56.8 Å². The van der Waals surface area contributed by atoms with Gasteiger partial charge in [0.2, 0.25) is 5.79 Å². The van der Waals surface area contributed by atoms with Crippen LogP contribution in [0.4, 0.5) is 0 Å². The highest BCUT2D eigenvalue weighted by Gasteiger charge is 2.73. The number of ether oxygens (including phenoxy) is 12. The van der Waals surface area contributed by atoms with E-state index in [0.717, 1.165) is 5.57 Å². The molecule has 84 heavy (non-hydrogen) atoms. The van der Waals surface area contributed by atoms with Crippen LogP contribution in [0, 0.1) is 40.4 Å². The lowest BCUT2D eigenvalue weighted by Crippen LogP contribution is -2.66. The fourth-order valence-corrected chi connectivity index (χ4v) is 16.7. The lowest BCUT2D eigenvalue weighted by atomic mass is 9.46. The summed E-state index contributed by atoms with van der Waals surface area (Å²) in [5.74, 6) is -3.20. The summed E-state index contributed by atoms with van der Waals surface area (Å²) < 4.78 is 74.5. The number of fused-ring (bicyclic) bond motifs is 7. The predicted molar refractivity (Wildman–Crippen MR) is 276 cm³/mol. The molecule has 0 radical (unpaired) electrons. The van der Waals surface area contributed by atoms with Gasteiger partial charge in [0.05, 0.1) is 63.1 Å². The van der Waals surface area contributed by atoms with Crippen molar-refractivity contribution in [2.24, 2.45) is 40.4 Å². The summed E-state index contributed by atoms with van der Waals surface area (Å²) in [5.41, 5.74) is -0.171. The molecule has 0 amide bonds. The average molecular weight is 1210 g/mol. The minimum atomic E-state index is -1.87.